The number of methoxy groups -OCH3 is 4. The molecule has 44 heavy (non-hydrogen) atoms. The number of hydrogen-bond donors (Lipinski definition) is 0. The van der Waals surface area contributed by atoms with Gasteiger partial charge in [0.15, 0.2) is 5.54 Å². The summed E-state index contributed by atoms with van der Waals surface area (Å²) < 4.78 is 52.3. The number of anilines is 1. The molecule has 1 saturated heterocycles. The summed E-state index contributed by atoms with van der Waals surface area (Å²) in [5.74, 6) is -0.169. The summed E-state index contributed by atoms with van der Waals surface area (Å²) in [4.78, 5) is 32.0. The van der Waals surface area contributed by atoms with Gasteiger partial charge in [-0.1, -0.05) is 17.7 Å². The number of sulfonamides is 1. The molecular formula is C31H34ClN3O8S. The largest absolute Gasteiger partial charge is 0.497 e. The van der Waals surface area contributed by atoms with Crippen molar-refractivity contribution >= 4 is 39.1 Å². The second-order valence-electron chi connectivity index (χ2n) is 10.6. The molecule has 234 valence electrons. The lowest BCUT2D eigenvalue weighted by molar-refractivity contribution is -0.138. The van der Waals surface area contributed by atoms with E-state index in [2.05, 4.69) is 0 Å². The maximum atomic E-state index is 15.4. The van der Waals surface area contributed by atoms with Crippen LogP contribution in [0.3, 0.4) is 0 Å². The van der Waals surface area contributed by atoms with Crippen LogP contribution in [-0.2, 0) is 25.2 Å². The molecule has 0 saturated carbocycles. The average Bonchev–Trinajstić information content (AvgIpc) is 3.60. The Balaban J connectivity index is 1.90. The van der Waals surface area contributed by atoms with E-state index in [-0.39, 0.29) is 49.9 Å². The third-order valence-corrected chi connectivity index (χ3v) is 10.1. The number of carbonyl (C=O) groups is 2. The minimum absolute atomic E-state index is 0.0122. The fourth-order valence-corrected chi connectivity index (χ4v) is 8.04. The molecule has 0 bridgehead atoms. The van der Waals surface area contributed by atoms with Crippen LogP contribution >= 0.6 is 11.6 Å². The summed E-state index contributed by atoms with van der Waals surface area (Å²) in [5.41, 5.74) is -1.28. The van der Waals surface area contributed by atoms with Crippen LogP contribution in [0.5, 0.6) is 23.0 Å². The van der Waals surface area contributed by atoms with Crippen LogP contribution in [0.15, 0.2) is 59.5 Å². The molecule has 2 heterocycles. The molecule has 11 nitrogen and oxygen atoms in total. The fourth-order valence-electron chi connectivity index (χ4n) is 6.27. The lowest BCUT2D eigenvalue weighted by Crippen LogP contribution is -2.59. The van der Waals surface area contributed by atoms with Crippen LogP contribution in [0, 0.1) is 0 Å². The second-order valence-corrected chi connectivity index (χ2v) is 12.8. The molecule has 1 unspecified atom stereocenters. The van der Waals surface area contributed by atoms with Gasteiger partial charge in [0, 0.05) is 37.3 Å². The predicted molar refractivity (Wildman–Crippen MR) is 164 cm³/mol. The first-order valence-corrected chi connectivity index (χ1v) is 15.6. The normalized spacial score (nSPS) is 19.9. The maximum absolute atomic E-state index is 15.4. The summed E-state index contributed by atoms with van der Waals surface area (Å²) in [5, 5.41) is 0.269. The van der Waals surface area contributed by atoms with E-state index in [9.17, 15) is 13.2 Å². The molecule has 0 aromatic heterocycles. The Bertz CT molecular complexity index is 1710. The summed E-state index contributed by atoms with van der Waals surface area (Å²) >= 11 is 6.58. The Morgan fingerprint density at radius 3 is 2.18 bits per heavy atom. The minimum Gasteiger partial charge on any atom is -0.497 e. The van der Waals surface area contributed by atoms with Gasteiger partial charge in [-0.3, -0.25) is 14.5 Å². The molecule has 2 aliphatic rings. The van der Waals surface area contributed by atoms with Crippen LogP contribution in [-0.4, -0.2) is 85.2 Å². The molecule has 0 radical (unpaired) electrons. The van der Waals surface area contributed by atoms with E-state index >= 15 is 4.79 Å². The maximum Gasteiger partial charge on any atom is 0.274 e. The lowest BCUT2D eigenvalue weighted by atomic mass is 9.80. The van der Waals surface area contributed by atoms with E-state index in [1.165, 1.54) is 63.7 Å². The fraction of sp³-hybridized carbons (Fsp3) is 0.355. The van der Waals surface area contributed by atoms with Gasteiger partial charge in [0.25, 0.3) is 15.9 Å². The number of halogens is 1. The van der Waals surface area contributed by atoms with Crippen LogP contribution < -0.4 is 23.3 Å². The zero-order chi connectivity index (χ0) is 32.0. The molecule has 2 amide bonds. The minimum atomic E-state index is -4.63. The van der Waals surface area contributed by atoms with Gasteiger partial charge in [-0.2, -0.15) is 0 Å². The van der Waals surface area contributed by atoms with Gasteiger partial charge in [0.05, 0.1) is 45.7 Å². The molecule has 3 aromatic carbocycles. The summed E-state index contributed by atoms with van der Waals surface area (Å²) in [7, 11) is 4.34. The van der Waals surface area contributed by atoms with Crippen molar-refractivity contribution in [3.63, 3.8) is 0 Å². The first-order valence-electron chi connectivity index (χ1n) is 13.8. The number of likely N-dealkylation sites (N-methyl/N-ethyl adjacent to an activating group) is 1. The predicted octanol–water partition coefficient (Wildman–Crippen LogP) is 3.91. The summed E-state index contributed by atoms with van der Waals surface area (Å²) in [6.45, 7) is 0.295. The monoisotopic (exact) mass is 643 g/mol. The highest BCUT2D eigenvalue weighted by atomic mass is 35.5. The van der Waals surface area contributed by atoms with Crippen molar-refractivity contribution < 1.29 is 37.0 Å². The number of rotatable bonds is 9. The second kappa shape index (κ2) is 11.8. The average molecular weight is 644 g/mol. The number of carbonyl (C=O) groups excluding carboxylic acids is 2. The van der Waals surface area contributed by atoms with E-state index < -0.39 is 27.5 Å². The van der Waals surface area contributed by atoms with Gasteiger partial charge < -0.3 is 23.8 Å². The quantitative estimate of drug-likeness (QED) is 0.342. The van der Waals surface area contributed by atoms with Gasteiger partial charge >= 0.3 is 0 Å². The molecule has 0 aliphatic carbocycles. The number of benzene rings is 3. The summed E-state index contributed by atoms with van der Waals surface area (Å²) in [6, 6.07) is 13.1. The highest BCUT2D eigenvalue weighted by Gasteiger charge is 2.64. The van der Waals surface area contributed by atoms with E-state index in [0.717, 1.165) is 4.31 Å². The summed E-state index contributed by atoms with van der Waals surface area (Å²) in [6.07, 6.45) is 1.02. The Morgan fingerprint density at radius 2 is 1.59 bits per heavy atom. The number of nitrogens with zero attached hydrogens (tertiary/aromatic N) is 3. The van der Waals surface area contributed by atoms with Gasteiger partial charge in [-0.15, -0.1) is 0 Å². The Kier molecular flexibility index (Phi) is 8.45. The lowest BCUT2D eigenvalue weighted by Gasteiger charge is -2.42. The van der Waals surface area contributed by atoms with Crippen molar-refractivity contribution in [2.24, 2.45) is 0 Å². The molecular weight excluding hydrogens is 610 g/mol. The van der Waals surface area contributed by atoms with Gasteiger partial charge in [-0.05, 0) is 55.3 Å². The van der Waals surface area contributed by atoms with E-state index in [1.54, 1.807) is 43.3 Å². The Hall–Kier alpha value is -4.00. The Labute approximate surface area is 261 Å². The van der Waals surface area contributed by atoms with Crippen molar-refractivity contribution in [3.05, 3.63) is 70.7 Å². The van der Waals surface area contributed by atoms with Crippen molar-refractivity contribution in [2.75, 3.05) is 53.4 Å². The van der Waals surface area contributed by atoms with Crippen LogP contribution in [0.4, 0.5) is 5.69 Å². The molecule has 5 rings (SSSR count). The molecule has 13 heteroatoms. The highest BCUT2D eigenvalue weighted by Crippen LogP contribution is 2.57. The van der Waals surface area contributed by atoms with E-state index in [0.29, 0.717) is 25.1 Å². The zero-order valence-electron chi connectivity index (χ0n) is 25.3. The van der Waals surface area contributed by atoms with E-state index in [4.69, 9.17) is 30.5 Å². The molecule has 0 N–H and O–H groups in total. The van der Waals surface area contributed by atoms with Crippen molar-refractivity contribution in [1.29, 1.82) is 0 Å². The number of ether oxygens (including phenoxy) is 4. The van der Waals surface area contributed by atoms with Gasteiger partial charge in [-0.25, -0.2) is 12.7 Å². The third-order valence-electron chi connectivity index (χ3n) is 8.15. The first-order chi connectivity index (χ1) is 21.0. The van der Waals surface area contributed by atoms with Crippen molar-refractivity contribution in [1.82, 2.24) is 9.80 Å². The van der Waals surface area contributed by atoms with Crippen LogP contribution in [0.1, 0.15) is 24.0 Å². The smallest absolute Gasteiger partial charge is 0.274 e. The van der Waals surface area contributed by atoms with Crippen molar-refractivity contribution in [2.45, 2.75) is 29.3 Å². The van der Waals surface area contributed by atoms with Crippen LogP contribution in [0.25, 0.3) is 0 Å². The SMILES string of the molecule is COc1ccc(S(=O)(=O)N2C(=O)C(c3c(OC)cccc3OC)(N3CCC[C@H]3C(=O)N(C)C)c3cc(Cl)ccc32)c(OC)c1. The number of fused-ring (bicyclic) bond motifs is 1. The standard InChI is InChI=1S/C31H34ClN3O8S/c1-33(2)29(36)23-9-8-16-34(23)31(28-24(41-4)10-7-11-25(28)42-5)21-17-19(32)12-14-22(21)35(30(31)37)44(38,39)27-15-13-20(40-3)18-26(27)43-6/h7,10-15,17-18,23H,8-9,16H2,1-6H3/t23-,31?/m0/s1. The van der Waals surface area contributed by atoms with Gasteiger partial charge in [0.1, 0.15) is 27.9 Å². The molecule has 2 aliphatic heterocycles. The Morgan fingerprint density at radius 1 is 0.932 bits per heavy atom. The van der Waals surface area contributed by atoms with E-state index in [1.807, 2.05) is 0 Å². The molecule has 3 aromatic rings. The number of likely N-dealkylation sites (tertiary alicyclic amines) is 1. The topological polar surface area (TPSA) is 115 Å². The number of amides is 2. The highest BCUT2D eigenvalue weighted by molar-refractivity contribution is 7.93. The third kappa shape index (κ3) is 4.63. The van der Waals surface area contributed by atoms with Crippen LogP contribution in [0.2, 0.25) is 5.02 Å². The van der Waals surface area contributed by atoms with Crippen molar-refractivity contribution in [3.8, 4) is 23.0 Å². The number of hydrogen-bond acceptors (Lipinski definition) is 9. The molecule has 1 fully saturated rings. The molecule has 2 atom stereocenters. The van der Waals surface area contributed by atoms with Gasteiger partial charge in [0.2, 0.25) is 5.91 Å². The molecule has 0 spiro atoms. The zero-order valence-corrected chi connectivity index (χ0v) is 26.9. The first kappa shape index (κ1) is 31.4.